The van der Waals surface area contributed by atoms with E-state index < -0.39 is 0 Å². The van der Waals surface area contributed by atoms with Gasteiger partial charge in [0.05, 0.1) is 5.69 Å². The summed E-state index contributed by atoms with van der Waals surface area (Å²) in [6, 6.07) is 1.87. The highest BCUT2D eigenvalue weighted by Gasteiger charge is 2.19. The van der Waals surface area contributed by atoms with Crippen molar-refractivity contribution in [2.75, 3.05) is 32.8 Å². The topological polar surface area (TPSA) is 70.4 Å². The zero-order chi connectivity index (χ0) is 16.8. The number of likely N-dealkylation sites (tertiary alicyclic amines) is 1. The number of hydrogen-bond acceptors (Lipinski definition) is 4. The van der Waals surface area contributed by atoms with Gasteiger partial charge in [0.25, 0.3) is 5.91 Å². The summed E-state index contributed by atoms with van der Waals surface area (Å²) in [5.74, 6) is 0.683. The van der Waals surface area contributed by atoms with Crippen LogP contribution in [0.3, 0.4) is 0 Å². The molecule has 0 saturated carbocycles. The summed E-state index contributed by atoms with van der Waals surface area (Å²) in [6.07, 6.45) is 3.21. The van der Waals surface area contributed by atoms with Crippen LogP contribution < -0.4 is 5.32 Å². The average Bonchev–Trinajstić information content (AvgIpc) is 2.94. The highest BCUT2D eigenvalue weighted by molar-refractivity contribution is 5.92. The van der Waals surface area contributed by atoms with E-state index in [-0.39, 0.29) is 12.5 Å². The molecule has 0 aliphatic carbocycles. The molecule has 1 aliphatic heterocycles. The molecule has 0 aromatic carbocycles. The summed E-state index contributed by atoms with van der Waals surface area (Å²) in [5, 5.41) is 16.6. The minimum absolute atomic E-state index is 0.0567. The smallest absolute Gasteiger partial charge is 0.269 e. The maximum atomic E-state index is 12.2. The van der Waals surface area contributed by atoms with E-state index in [2.05, 4.69) is 29.2 Å². The Bertz CT molecular complexity index is 513. The highest BCUT2D eigenvalue weighted by Crippen LogP contribution is 2.16. The second-order valence-electron chi connectivity index (χ2n) is 6.83. The van der Waals surface area contributed by atoms with Crippen LogP contribution in [0.5, 0.6) is 0 Å². The summed E-state index contributed by atoms with van der Waals surface area (Å²) >= 11 is 0. The summed E-state index contributed by atoms with van der Waals surface area (Å²) < 4.78 is 1.65. The standard InChI is InChI=1S/C17H30N4O2/c1-13(2)15-10-16(20(3)19-15)17(23)18-7-5-9-21-8-4-6-14(11-21)12-22/h10,13-14,22H,4-9,11-12H2,1-3H3,(H,18,23). The second kappa shape index (κ2) is 8.45. The van der Waals surface area contributed by atoms with Gasteiger partial charge in [0.2, 0.25) is 0 Å². The van der Waals surface area contributed by atoms with Crippen molar-refractivity contribution in [3.63, 3.8) is 0 Å². The van der Waals surface area contributed by atoms with Gasteiger partial charge in [-0.2, -0.15) is 5.10 Å². The Labute approximate surface area is 138 Å². The number of nitrogens with zero attached hydrogens (tertiary/aromatic N) is 3. The fourth-order valence-electron chi connectivity index (χ4n) is 3.08. The molecule has 1 aromatic heterocycles. The molecule has 2 heterocycles. The Morgan fingerprint density at radius 2 is 2.30 bits per heavy atom. The van der Waals surface area contributed by atoms with E-state index in [1.54, 1.807) is 4.68 Å². The van der Waals surface area contributed by atoms with Crippen molar-refractivity contribution in [3.05, 3.63) is 17.5 Å². The minimum atomic E-state index is -0.0567. The molecule has 2 N–H and O–H groups in total. The Morgan fingerprint density at radius 3 is 2.96 bits per heavy atom. The normalized spacial score (nSPS) is 19.3. The largest absolute Gasteiger partial charge is 0.396 e. The highest BCUT2D eigenvalue weighted by atomic mass is 16.3. The number of piperidine rings is 1. The predicted octanol–water partition coefficient (Wildman–Crippen LogP) is 1.37. The number of amides is 1. The van der Waals surface area contributed by atoms with Crippen LogP contribution in [0.2, 0.25) is 0 Å². The van der Waals surface area contributed by atoms with Crippen molar-refractivity contribution in [2.45, 2.75) is 39.0 Å². The van der Waals surface area contributed by atoms with Crippen LogP contribution in [0.25, 0.3) is 0 Å². The Hall–Kier alpha value is -1.40. The molecule has 130 valence electrons. The molecule has 6 nitrogen and oxygen atoms in total. The molecule has 0 spiro atoms. The molecule has 0 radical (unpaired) electrons. The van der Waals surface area contributed by atoms with Gasteiger partial charge >= 0.3 is 0 Å². The van der Waals surface area contributed by atoms with E-state index in [1.807, 2.05) is 13.1 Å². The molecule has 6 heteroatoms. The maximum Gasteiger partial charge on any atom is 0.269 e. The lowest BCUT2D eigenvalue weighted by Gasteiger charge is -2.31. The zero-order valence-corrected chi connectivity index (χ0v) is 14.6. The molecule has 1 unspecified atom stereocenters. The van der Waals surface area contributed by atoms with Crippen LogP contribution in [0, 0.1) is 5.92 Å². The number of carbonyl (C=O) groups excluding carboxylic acids is 1. The lowest BCUT2D eigenvalue weighted by atomic mass is 9.99. The number of aliphatic hydroxyl groups is 1. The van der Waals surface area contributed by atoms with E-state index in [1.165, 1.54) is 0 Å². The summed E-state index contributed by atoms with van der Waals surface area (Å²) in [6.45, 7) is 8.14. The van der Waals surface area contributed by atoms with Gasteiger partial charge in [-0.05, 0) is 50.3 Å². The molecule has 1 aliphatic rings. The van der Waals surface area contributed by atoms with Crippen molar-refractivity contribution in [1.29, 1.82) is 0 Å². The van der Waals surface area contributed by atoms with E-state index in [4.69, 9.17) is 0 Å². The van der Waals surface area contributed by atoms with Gasteiger partial charge in [-0.3, -0.25) is 9.48 Å². The summed E-state index contributed by atoms with van der Waals surface area (Å²) in [7, 11) is 1.81. The van der Waals surface area contributed by atoms with Crippen LogP contribution in [-0.4, -0.2) is 58.5 Å². The van der Waals surface area contributed by atoms with E-state index >= 15 is 0 Å². The zero-order valence-electron chi connectivity index (χ0n) is 14.6. The van der Waals surface area contributed by atoms with Gasteiger partial charge in [-0.15, -0.1) is 0 Å². The van der Waals surface area contributed by atoms with Crippen LogP contribution in [-0.2, 0) is 7.05 Å². The number of rotatable bonds is 7. The Balaban J connectivity index is 1.72. The summed E-state index contributed by atoms with van der Waals surface area (Å²) in [5.41, 5.74) is 1.56. The lowest BCUT2D eigenvalue weighted by Crippen LogP contribution is -2.38. The minimum Gasteiger partial charge on any atom is -0.396 e. The van der Waals surface area contributed by atoms with Gasteiger partial charge < -0.3 is 15.3 Å². The third-order valence-corrected chi connectivity index (χ3v) is 4.52. The first-order valence-corrected chi connectivity index (χ1v) is 8.66. The molecule has 2 rings (SSSR count). The number of carbonyl (C=O) groups is 1. The third-order valence-electron chi connectivity index (χ3n) is 4.52. The number of aromatic nitrogens is 2. The van der Waals surface area contributed by atoms with Gasteiger partial charge in [0, 0.05) is 26.7 Å². The molecular weight excluding hydrogens is 292 g/mol. The van der Waals surface area contributed by atoms with Crippen molar-refractivity contribution < 1.29 is 9.90 Å². The van der Waals surface area contributed by atoms with Gasteiger partial charge in [0.15, 0.2) is 0 Å². The SMILES string of the molecule is CC(C)c1cc(C(=O)NCCCN2CCCC(CO)C2)n(C)n1. The van der Waals surface area contributed by atoms with E-state index in [9.17, 15) is 9.90 Å². The predicted molar refractivity (Wildman–Crippen MR) is 90.5 cm³/mol. The van der Waals surface area contributed by atoms with Crippen molar-refractivity contribution in [3.8, 4) is 0 Å². The first-order chi connectivity index (χ1) is 11.0. The number of hydrogen-bond donors (Lipinski definition) is 2. The van der Waals surface area contributed by atoms with Crippen molar-refractivity contribution in [1.82, 2.24) is 20.0 Å². The Morgan fingerprint density at radius 1 is 1.52 bits per heavy atom. The average molecular weight is 322 g/mol. The quantitative estimate of drug-likeness (QED) is 0.744. The molecular formula is C17H30N4O2. The van der Waals surface area contributed by atoms with Crippen molar-refractivity contribution in [2.24, 2.45) is 13.0 Å². The fraction of sp³-hybridized carbons (Fsp3) is 0.765. The van der Waals surface area contributed by atoms with Gasteiger partial charge in [-0.25, -0.2) is 0 Å². The van der Waals surface area contributed by atoms with E-state index in [0.29, 0.717) is 24.1 Å². The number of aliphatic hydroxyl groups excluding tert-OH is 1. The maximum absolute atomic E-state index is 12.2. The van der Waals surface area contributed by atoms with Crippen LogP contribution in [0.4, 0.5) is 0 Å². The molecule has 1 saturated heterocycles. The van der Waals surface area contributed by atoms with Gasteiger partial charge in [0.1, 0.15) is 5.69 Å². The van der Waals surface area contributed by atoms with Crippen molar-refractivity contribution >= 4 is 5.91 Å². The number of aryl methyl sites for hydroxylation is 1. The molecule has 1 amide bonds. The molecule has 1 atom stereocenters. The summed E-state index contributed by atoms with van der Waals surface area (Å²) in [4.78, 5) is 14.6. The monoisotopic (exact) mass is 322 g/mol. The third kappa shape index (κ3) is 5.04. The first-order valence-electron chi connectivity index (χ1n) is 8.66. The molecule has 23 heavy (non-hydrogen) atoms. The van der Waals surface area contributed by atoms with Gasteiger partial charge in [-0.1, -0.05) is 13.8 Å². The molecule has 1 aromatic rings. The molecule has 1 fully saturated rings. The Kier molecular flexibility index (Phi) is 6.59. The van der Waals surface area contributed by atoms with Crippen LogP contribution in [0.15, 0.2) is 6.07 Å². The fourth-order valence-corrected chi connectivity index (χ4v) is 3.08. The molecule has 0 bridgehead atoms. The number of nitrogens with one attached hydrogen (secondary N) is 1. The van der Waals surface area contributed by atoms with Crippen LogP contribution in [0.1, 0.15) is 55.2 Å². The first kappa shape index (κ1) is 17.9. The lowest BCUT2D eigenvalue weighted by molar-refractivity contribution is 0.0937. The second-order valence-corrected chi connectivity index (χ2v) is 6.83. The van der Waals surface area contributed by atoms with Crippen LogP contribution >= 0.6 is 0 Å². The van der Waals surface area contributed by atoms with E-state index in [0.717, 1.165) is 44.6 Å².